The number of carbonyl (C=O) groups is 3. The number of nitrogens with two attached hydrogens (primary N) is 1. The SMILES string of the molecule is CON=C(C(=O)N[C@@H]1C(=O)N2C(C(=O)O)=C(CSc3cc(=O)c4cc5c(cc4s3)OC(C)(C)O5)CS[C@@H]12)c1csc(N)n1. The summed E-state index contributed by atoms with van der Waals surface area (Å²) in [5.74, 6) is -1.72. The van der Waals surface area contributed by atoms with Crippen LogP contribution < -0.4 is 26.0 Å². The quantitative estimate of drug-likeness (QED) is 0.139. The number of β-lactam (4-membered cyclic amide) rings is 1. The molecule has 3 aromatic rings. The Hall–Kier alpha value is -3.80. The standard InChI is InChI=1S/C26H23N5O8S4/c1-26(2)38-14-4-11-13(32)5-17(43-16(11)6-15(14)39-26)40-7-10-8-41-23-19(22(34)31(23)20(10)24(35)36)29-21(33)18(30-37-3)12-9-42-25(27)28-12/h4-6,9,19,23H,7-8H2,1-3H3,(H2,27,28)(H,29,33)(H,35,36)/t19-,23+/m1/s1. The normalized spacial score (nSPS) is 20.6. The van der Waals surface area contributed by atoms with Gasteiger partial charge in [0, 0.05) is 53.0 Å². The highest BCUT2D eigenvalue weighted by Crippen LogP contribution is 2.44. The van der Waals surface area contributed by atoms with E-state index in [2.05, 4.69) is 15.5 Å². The maximum absolute atomic E-state index is 13.1. The highest BCUT2D eigenvalue weighted by atomic mass is 32.2. The van der Waals surface area contributed by atoms with Crippen LogP contribution in [0.4, 0.5) is 5.13 Å². The van der Waals surface area contributed by atoms with Gasteiger partial charge in [0.05, 0.1) is 4.21 Å². The van der Waals surface area contributed by atoms with Gasteiger partial charge in [0.2, 0.25) is 5.79 Å². The lowest BCUT2D eigenvalue weighted by molar-refractivity contribution is -0.150. The van der Waals surface area contributed by atoms with Crippen LogP contribution in [0.1, 0.15) is 19.5 Å². The van der Waals surface area contributed by atoms with Gasteiger partial charge in [-0.25, -0.2) is 9.78 Å². The Balaban J connectivity index is 1.19. The zero-order chi connectivity index (χ0) is 30.6. The average Bonchev–Trinajstić information content (AvgIpc) is 3.51. The molecule has 224 valence electrons. The van der Waals surface area contributed by atoms with Crippen molar-refractivity contribution in [1.29, 1.82) is 0 Å². The van der Waals surface area contributed by atoms with Crippen molar-refractivity contribution in [1.82, 2.24) is 15.2 Å². The first-order valence-electron chi connectivity index (χ1n) is 12.6. The van der Waals surface area contributed by atoms with Crippen molar-refractivity contribution in [2.24, 2.45) is 5.16 Å². The van der Waals surface area contributed by atoms with Crippen LogP contribution in [0.5, 0.6) is 11.5 Å². The largest absolute Gasteiger partial charge is 0.477 e. The summed E-state index contributed by atoms with van der Waals surface area (Å²) >= 11 is 5.15. The molecule has 2 amide bonds. The average molecular weight is 662 g/mol. The number of nitrogen functional groups attached to an aromatic ring is 1. The molecule has 0 radical (unpaired) electrons. The minimum Gasteiger partial charge on any atom is -0.477 e. The molecule has 1 aromatic carbocycles. The molecule has 2 aromatic heterocycles. The lowest BCUT2D eigenvalue weighted by atomic mass is 10.0. The zero-order valence-electron chi connectivity index (χ0n) is 22.7. The predicted octanol–water partition coefficient (Wildman–Crippen LogP) is 2.69. The summed E-state index contributed by atoms with van der Waals surface area (Å²) in [4.78, 5) is 61.4. The van der Waals surface area contributed by atoms with Crippen molar-refractivity contribution in [3.05, 3.63) is 50.8 Å². The third-order valence-corrected chi connectivity index (χ3v) is 11.0. The number of ether oxygens (including phenoxy) is 2. The number of fused-ring (bicyclic) bond motifs is 3. The number of oxime groups is 1. The molecule has 0 unspecified atom stereocenters. The Bertz CT molecular complexity index is 1820. The molecule has 17 heteroatoms. The van der Waals surface area contributed by atoms with Gasteiger partial charge in [-0.1, -0.05) is 5.16 Å². The Morgan fingerprint density at radius 1 is 1.28 bits per heavy atom. The van der Waals surface area contributed by atoms with E-state index in [0.29, 0.717) is 37.1 Å². The molecule has 0 bridgehead atoms. The number of rotatable bonds is 8. The van der Waals surface area contributed by atoms with E-state index in [0.717, 1.165) is 11.3 Å². The van der Waals surface area contributed by atoms with Crippen molar-refractivity contribution in [2.75, 3.05) is 24.3 Å². The number of anilines is 1. The maximum atomic E-state index is 13.1. The molecule has 5 heterocycles. The summed E-state index contributed by atoms with van der Waals surface area (Å²) in [5, 5.41) is 18.1. The van der Waals surface area contributed by atoms with Crippen molar-refractivity contribution in [2.45, 2.75) is 35.3 Å². The number of carbonyl (C=O) groups excluding carboxylic acids is 2. The molecular weight excluding hydrogens is 639 g/mol. The second-order valence-corrected chi connectivity index (χ2v) is 14.3. The molecule has 6 rings (SSSR count). The van der Waals surface area contributed by atoms with Crippen LogP contribution in [0.2, 0.25) is 0 Å². The van der Waals surface area contributed by atoms with Gasteiger partial charge in [-0.3, -0.25) is 19.3 Å². The van der Waals surface area contributed by atoms with Crippen LogP contribution in [0, 0.1) is 0 Å². The monoisotopic (exact) mass is 661 g/mol. The number of thioether (sulfide) groups is 2. The first-order valence-corrected chi connectivity index (χ1v) is 16.3. The molecule has 0 saturated carbocycles. The topological polar surface area (TPSA) is 183 Å². The number of amides is 2. The van der Waals surface area contributed by atoms with E-state index >= 15 is 0 Å². The minimum absolute atomic E-state index is 0.122. The Kier molecular flexibility index (Phi) is 7.52. The van der Waals surface area contributed by atoms with Crippen molar-refractivity contribution in [3.8, 4) is 11.5 Å². The molecule has 4 N–H and O–H groups in total. The Morgan fingerprint density at radius 3 is 2.70 bits per heavy atom. The van der Waals surface area contributed by atoms with E-state index in [1.54, 1.807) is 26.0 Å². The molecule has 1 saturated heterocycles. The number of nitrogens with one attached hydrogen (secondary N) is 1. The molecule has 1 fully saturated rings. The van der Waals surface area contributed by atoms with E-state index in [1.165, 1.54) is 58.3 Å². The van der Waals surface area contributed by atoms with E-state index in [9.17, 15) is 24.3 Å². The van der Waals surface area contributed by atoms with Gasteiger partial charge < -0.3 is 30.5 Å². The Labute approximate surface area is 260 Å². The van der Waals surface area contributed by atoms with Gasteiger partial charge in [-0.15, -0.1) is 46.2 Å². The fraction of sp³-hybridized carbons (Fsp3) is 0.308. The fourth-order valence-electron chi connectivity index (χ4n) is 4.78. The first-order chi connectivity index (χ1) is 20.5. The lowest BCUT2D eigenvalue weighted by Crippen LogP contribution is -2.71. The van der Waals surface area contributed by atoms with E-state index in [-0.39, 0.29) is 33.4 Å². The summed E-state index contributed by atoms with van der Waals surface area (Å²) in [7, 11) is 1.27. The van der Waals surface area contributed by atoms with Gasteiger partial charge in [-0.05, 0) is 11.6 Å². The van der Waals surface area contributed by atoms with Crippen LogP contribution in [-0.4, -0.2) is 74.3 Å². The van der Waals surface area contributed by atoms with E-state index < -0.39 is 35.0 Å². The second kappa shape index (κ2) is 11.0. The number of aliphatic carboxylic acids is 1. The number of carboxylic acids is 1. The number of benzene rings is 1. The van der Waals surface area contributed by atoms with Gasteiger partial charge in [0.1, 0.15) is 29.9 Å². The summed E-state index contributed by atoms with van der Waals surface area (Å²) in [6.07, 6.45) is 0. The summed E-state index contributed by atoms with van der Waals surface area (Å²) in [6.45, 7) is 3.57. The fourth-order valence-corrected chi connectivity index (χ4v) is 9.04. The number of hydrogen-bond acceptors (Lipinski definition) is 14. The summed E-state index contributed by atoms with van der Waals surface area (Å²) in [6, 6.07) is 4.00. The van der Waals surface area contributed by atoms with Gasteiger partial charge in [0.15, 0.2) is 27.8 Å². The highest BCUT2D eigenvalue weighted by molar-refractivity contribution is 8.02. The predicted molar refractivity (Wildman–Crippen MR) is 164 cm³/mol. The summed E-state index contributed by atoms with van der Waals surface area (Å²) in [5.41, 5.74) is 5.92. The molecule has 3 aliphatic heterocycles. The number of nitrogens with zero attached hydrogens (tertiary/aromatic N) is 3. The van der Waals surface area contributed by atoms with Crippen LogP contribution in [0.25, 0.3) is 10.1 Å². The van der Waals surface area contributed by atoms with Crippen molar-refractivity contribution >= 4 is 84.9 Å². The molecule has 2 atom stereocenters. The van der Waals surface area contributed by atoms with Crippen LogP contribution in [0.3, 0.4) is 0 Å². The van der Waals surface area contributed by atoms with E-state index in [4.69, 9.17) is 20.0 Å². The van der Waals surface area contributed by atoms with Crippen LogP contribution in [0.15, 0.2) is 49.0 Å². The zero-order valence-corrected chi connectivity index (χ0v) is 26.0. The molecule has 0 spiro atoms. The maximum Gasteiger partial charge on any atom is 0.352 e. The number of aromatic nitrogens is 1. The smallest absolute Gasteiger partial charge is 0.352 e. The lowest BCUT2D eigenvalue weighted by Gasteiger charge is -2.49. The third-order valence-electron chi connectivity index (χ3n) is 6.57. The number of thiazole rings is 1. The van der Waals surface area contributed by atoms with Gasteiger partial charge >= 0.3 is 5.97 Å². The first kappa shape index (κ1) is 29.3. The van der Waals surface area contributed by atoms with Gasteiger partial charge in [-0.2, -0.15) is 0 Å². The van der Waals surface area contributed by atoms with Crippen LogP contribution >= 0.6 is 46.2 Å². The Morgan fingerprint density at radius 2 is 2.02 bits per heavy atom. The van der Waals surface area contributed by atoms with E-state index in [1.807, 2.05) is 0 Å². The molecular formula is C26H23N5O8S4. The minimum atomic E-state index is -1.25. The van der Waals surface area contributed by atoms with Gasteiger partial charge in [0.25, 0.3) is 11.8 Å². The second-order valence-electron chi connectivity index (χ2n) is 9.93. The van der Waals surface area contributed by atoms with Crippen molar-refractivity contribution < 1.29 is 33.8 Å². The van der Waals surface area contributed by atoms with Crippen molar-refractivity contribution in [3.63, 3.8) is 0 Å². The molecule has 0 aliphatic carbocycles. The van der Waals surface area contributed by atoms with Crippen LogP contribution in [-0.2, 0) is 19.2 Å². The number of hydrogen-bond donors (Lipinski definition) is 3. The number of carboxylic acid groups (broad SMARTS) is 1. The molecule has 13 nitrogen and oxygen atoms in total. The molecule has 3 aliphatic rings. The summed E-state index contributed by atoms with van der Waals surface area (Å²) < 4.78 is 13.0. The highest BCUT2D eigenvalue weighted by Gasteiger charge is 2.54. The third kappa shape index (κ3) is 5.41. The molecule has 43 heavy (non-hydrogen) atoms.